The summed E-state index contributed by atoms with van der Waals surface area (Å²) in [6.45, 7) is 11.4. The predicted octanol–water partition coefficient (Wildman–Crippen LogP) is 4.95. The summed E-state index contributed by atoms with van der Waals surface area (Å²) in [5, 5.41) is 6.02. The van der Waals surface area contributed by atoms with Gasteiger partial charge in [0.25, 0.3) is 11.8 Å². The fourth-order valence-corrected chi connectivity index (χ4v) is 7.55. The van der Waals surface area contributed by atoms with Crippen molar-refractivity contribution in [1.82, 2.24) is 30.0 Å². The van der Waals surface area contributed by atoms with Gasteiger partial charge in [0.15, 0.2) is 0 Å². The number of rotatable bonds is 9. The molecule has 0 spiro atoms. The van der Waals surface area contributed by atoms with E-state index in [4.69, 9.17) is 23.9 Å². The second-order valence-electron chi connectivity index (χ2n) is 14.6. The number of anilines is 2. The van der Waals surface area contributed by atoms with E-state index in [1.54, 1.807) is 24.4 Å². The molecule has 4 aliphatic rings. The number of carbonyl (C=O) groups excluding carboxylic acids is 3. The highest BCUT2D eigenvalue weighted by Gasteiger charge is 2.45. The van der Waals surface area contributed by atoms with E-state index in [1.165, 1.54) is 0 Å². The maximum Gasteiger partial charge on any atom is 0.266 e. The van der Waals surface area contributed by atoms with E-state index in [0.717, 1.165) is 71.4 Å². The van der Waals surface area contributed by atoms with Gasteiger partial charge in [0.1, 0.15) is 30.8 Å². The number of fused-ring (bicyclic) bond motifs is 8. The number of aromatic nitrogens is 2. The first-order valence-corrected chi connectivity index (χ1v) is 19.7. The van der Waals surface area contributed by atoms with E-state index in [2.05, 4.69) is 38.1 Å². The number of nitrogens with one attached hydrogen (secondary N) is 2. The predicted molar refractivity (Wildman–Crippen MR) is 217 cm³/mol. The lowest BCUT2D eigenvalue weighted by molar-refractivity contribution is -0.125. The maximum absolute atomic E-state index is 13.5. The van der Waals surface area contributed by atoms with E-state index in [0.29, 0.717) is 76.4 Å². The molecule has 4 aliphatic heterocycles. The number of benzene rings is 3. The smallest absolute Gasteiger partial charge is 0.266 e. The normalized spacial score (nSPS) is 19.7. The van der Waals surface area contributed by atoms with Crippen LogP contribution in [0.5, 0.6) is 11.5 Å². The summed E-state index contributed by atoms with van der Waals surface area (Å²) >= 11 is 0. The Morgan fingerprint density at radius 1 is 0.793 bits per heavy atom. The Bertz CT molecular complexity index is 2200. The number of piperidine rings is 1. The van der Waals surface area contributed by atoms with Crippen LogP contribution in [0, 0.1) is 0 Å². The third kappa shape index (κ3) is 9.11. The third-order valence-corrected chi connectivity index (χ3v) is 10.7. The van der Waals surface area contributed by atoms with Gasteiger partial charge in [-0.25, -0.2) is 9.97 Å². The van der Waals surface area contributed by atoms with E-state index >= 15 is 0 Å². The molecule has 0 radical (unpaired) electrons. The van der Waals surface area contributed by atoms with Crippen LogP contribution in [0.15, 0.2) is 97.4 Å². The molecule has 3 aromatic carbocycles. The van der Waals surface area contributed by atoms with Crippen molar-refractivity contribution in [3.8, 4) is 22.8 Å². The number of carbonyl (C=O) groups is 3. The van der Waals surface area contributed by atoms with Gasteiger partial charge in [-0.05, 0) is 60.9 Å². The third-order valence-electron chi connectivity index (χ3n) is 10.7. The summed E-state index contributed by atoms with van der Waals surface area (Å²) in [7, 11) is 0. The number of imide groups is 1. The standard InChI is InChI=1S/C44H47N7O7/c1-30-10-12-37(41(52)46-30)51-42(53)35-8-5-9-39(40(35)43(51)54)58-25-21-50-18-16-49(17-19-50)20-24-57-38-13-11-34-27-33(38)29-56-23-3-2-22-55-28-31-6-4-7-32(26-31)36-14-15-45-44(47-34)48-36/h2-9,11,13-15,26-27,37H,1,10,12,16-25,28-29H2,(H,46,52)(H,45,47,48)/b3-2+. The average molecular weight is 786 g/mol. The molecule has 1 atom stereocenters. The monoisotopic (exact) mass is 785 g/mol. The van der Waals surface area contributed by atoms with Gasteiger partial charge in [-0.2, -0.15) is 0 Å². The first kappa shape index (κ1) is 38.9. The van der Waals surface area contributed by atoms with Crippen LogP contribution in [-0.2, 0) is 27.5 Å². The van der Waals surface area contributed by atoms with Crippen molar-refractivity contribution in [3.05, 3.63) is 120 Å². The van der Waals surface area contributed by atoms with Gasteiger partial charge in [0, 0.05) is 68.0 Å². The molecular formula is C44H47N7O7. The molecule has 8 rings (SSSR count). The molecular weight excluding hydrogens is 739 g/mol. The number of hydrogen-bond acceptors (Lipinski definition) is 12. The van der Waals surface area contributed by atoms with Crippen molar-refractivity contribution in [2.75, 3.05) is 71.0 Å². The maximum atomic E-state index is 13.5. The molecule has 6 bridgehead atoms. The van der Waals surface area contributed by atoms with Crippen molar-refractivity contribution >= 4 is 29.4 Å². The van der Waals surface area contributed by atoms with Crippen LogP contribution in [0.3, 0.4) is 0 Å². The van der Waals surface area contributed by atoms with Crippen LogP contribution in [0.25, 0.3) is 11.3 Å². The van der Waals surface area contributed by atoms with Crippen molar-refractivity contribution in [1.29, 1.82) is 0 Å². The molecule has 2 saturated heterocycles. The first-order valence-electron chi connectivity index (χ1n) is 19.7. The molecule has 1 aromatic heterocycles. The second kappa shape index (κ2) is 18.1. The molecule has 2 N–H and O–H groups in total. The lowest BCUT2D eigenvalue weighted by atomic mass is 10.0. The molecule has 58 heavy (non-hydrogen) atoms. The number of allylic oxidation sites excluding steroid dienone is 1. The number of ether oxygens (including phenoxy) is 4. The summed E-state index contributed by atoms with van der Waals surface area (Å²) in [5.74, 6) is 0.256. The molecule has 14 nitrogen and oxygen atoms in total. The summed E-state index contributed by atoms with van der Waals surface area (Å²) in [5.41, 5.74) is 5.70. The quantitative estimate of drug-likeness (QED) is 0.175. The van der Waals surface area contributed by atoms with Gasteiger partial charge in [-0.1, -0.05) is 43.0 Å². The van der Waals surface area contributed by atoms with Gasteiger partial charge >= 0.3 is 0 Å². The molecule has 14 heteroatoms. The zero-order chi connectivity index (χ0) is 39.8. The SMILES string of the molecule is C=C1CCC(N2C(=O)c3cccc(OCCN4CCN(CCOc5ccc6cc5COC/C=C/COCc5cccc(c5)-c5ccnc(n5)N6)CC4)c3C2=O)C(=O)N1. The van der Waals surface area contributed by atoms with Crippen molar-refractivity contribution < 1.29 is 33.3 Å². The molecule has 0 saturated carbocycles. The highest BCUT2D eigenvalue weighted by molar-refractivity contribution is 6.24. The summed E-state index contributed by atoms with van der Waals surface area (Å²) < 4.78 is 24.3. The van der Waals surface area contributed by atoms with Gasteiger partial charge in [0.2, 0.25) is 11.9 Å². The van der Waals surface area contributed by atoms with Crippen LogP contribution in [0.4, 0.5) is 11.6 Å². The van der Waals surface area contributed by atoms with Crippen LogP contribution in [-0.4, -0.2) is 114 Å². The average Bonchev–Trinajstić information content (AvgIpc) is 3.49. The second-order valence-corrected chi connectivity index (χ2v) is 14.6. The number of hydrogen-bond donors (Lipinski definition) is 2. The number of amides is 3. The van der Waals surface area contributed by atoms with E-state index < -0.39 is 23.8 Å². The van der Waals surface area contributed by atoms with E-state index in [1.807, 2.05) is 54.6 Å². The van der Waals surface area contributed by atoms with Crippen LogP contribution >= 0.6 is 0 Å². The van der Waals surface area contributed by atoms with Gasteiger partial charge in [-0.15, -0.1) is 0 Å². The Morgan fingerprint density at radius 3 is 2.31 bits per heavy atom. The topological polar surface area (TPSA) is 148 Å². The van der Waals surface area contributed by atoms with Crippen LogP contribution < -0.4 is 20.1 Å². The minimum absolute atomic E-state index is 0.221. The zero-order valence-electron chi connectivity index (χ0n) is 32.4. The fraction of sp³-hybridized carbons (Fsp3) is 0.341. The zero-order valence-corrected chi connectivity index (χ0v) is 32.4. The van der Waals surface area contributed by atoms with Gasteiger partial charge in [0.05, 0.1) is 43.2 Å². The summed E-state index contributed by atoms with van der Waals surface area (Å²) in [6.07, 6.45) is 6.55. The van der Waals surface area contributed by atoms with Gasteiger partial charge in [-0.3, -0.25) is 29.1 Å². The molecule has 1 unspecified atom stereocenters. The molecule has 5 heterocycles. The minimum Gasteiger partial charge on any atom is -0.492 e. The minimum atomic E-state index is -0.864. The Labute approximate surface area is 337 Å². The van der Waals surface area contributed by atoms with Crippen molar-refractivity contribution in [2.45, 2.75) is 32.1 Å². The fourth-order valence-electron chi connectivity index (χ4n) is 7.55. The first-order chi connectivity index (χ1) is 28.4. The van der Waals surface area contributed by atoms with Crippen LogP contribution in [0.1, 0.15) is 44.7 Å². The Hall–Kier alpha value is -5.93. The largest absolute Gasteiger partial charge is 0.492 e. The Kier molecular flexibility index (Phi) is 12.2. The van der Waals surface area contributed by atoms with Crippen LogP contribution in [0.2, 0.25) is 0 Å². The number of piperazine rings is 1. The van der Waals surface area contributed by atoms with Crippen molar-refractivity contribution in [3.63, 3.8) is 0 Å². The van der Waals surface area contributed by atoms with E-state index in [-0.39, 0.29) is 11.1 Å². The highest BCUT2D eigenvalue weighted by atomic mass is 16.5. The Balaban J connectivity index is 0.823. The van der Waals surface area contributed by atoms with E-state index in [9.17, 15) is 14.4 Å². The number of nitrogens with zero attached hydrogens (tertiary/aromatic N) is 5. The summed E-state index contributed by atoms with van der Waals surface area (Å²) in [6, 6.07) is 20.2. The lowest BCUT2D eigenvalue weighted by Crippen LogP contribution is -2.51. The summed E-state index contributed by atoms with van der Waals surface area (Å²) in [4.78, 5) is 54.3. The molecule has 0 aliphatic carbocycles. The lowest BCUT2D eigenvalue weighted by Gasteiger charge is -2.34. The van der Waals surface area contributed by atoms with Crippen molar-refractivity contribution in [2.24, 2.45) is 0 Å². The molecule has 2 fully saturated rings. The van der Waals surface area contributed by atoms with Gasteiger partial charge < -0.3 is 29.6 Å². The molecule has 300 valence electrons. The highest BCUT2D eigenvalue weighted by Crippen LogP contribution is 2.34. The Morgan fingerprint density at radius 2 is 1.53 bits per heavy atom. The molecule has 3 amide bonds. The molecule has 4 aromatic rings.